The van der Waals surface area contributed by atoms with Crippen molar-refractivity contribution < 1.29 is 15.1 Å². The molecule has 0 spiro atoms. The minimum absolute atomic E-state index is 0.0770. The Morgan fingerprint density at radius 1 is 1.21 bits per heavy atom. The van der Waals surface area contributed by atoms with Crippen molar-refractivity contribution >= 4 is 23.0 Å². The normalized spacial score (nSPS) is 11.5. The molecule has 0 saturated heterocycles. The molecule has 1 amide bonds. The van der Waals surface area contributed by atoms with E-state index in [9.17, 15) is 9.90 Å². The number of aliphatic hydroxyl groups excluding tert-OH is 1. The largest absolute Gasteiger partial charge is 0.395 e. The number of aromatic nitrogens is 3. The molecule has 0 aliphatic heterocycles. The van der Waals surface area contributed by atoms with E-state index in [0.29, 0.717) is 18.8 Å². The van der Waals surface area contributed by atoms with E-state index in [0.717, 1.165) is 35.3 Å². The van der Waals surface area contributed by atoms with Gasteiger partial charge in [-0.15, -0.1) is 0 Å². The molecular formula is C20H23N5O3. The third kappa shape index (κ3) is 5.46. The highest BCUT2D eigenvalue weighted by Gasteiger charge is 2.08. The molecular weight excluding hydrogens is 358 g/mol. The summed E-state index contributed by atoms with van der Waals surface area (Å²) in [5.74, 6) is -0.605. The summed E-state index contributed by atoms with van der Waals surface area (Å²) in [6, 6.07) is 9.80. The van der Waals surface area contributed by atoms with Gasteiger partial charge in [-0.25, -0.2) is 10.5 Å². The Balaban J connectivity index is 1.59. The molecule has 146 valence electrons. The SMILES string of the molecule is O=C(/C=C/c1ccc(CN(CCO)CCc2ccc3cc[nH]c3n2)cn1)NO. The van der Waals surface area contributed by atoms with Crippen molar-refractivity contribution in [2.45, 2.75) is 13.0 Å². The second kappa shape index (κ2) is 9.75. The van der Waals surface area contributed by atoms with Crippen molar-refractivity contribution in [2.24, 2.45) is 0 Å². The molecule has 3 aromatic heterocycles. The molecule has 8 nitrogen and oxygen atoms in total. The maximum absolute atomic E-state index is 11.0. The molecule has 8 heteroatoms. The summed E-state index contributed by atoms with van der Waals surface area (Å²) in [5, 5.41) is 18.9. The van der Waals surface area contributed by atoms with Gasteiger partial charge in [0.2, 0.25) is 0 Å². The fraction of sp³-hybridized carbons (Fsp3) is 0.250. The van der Waals surface area contributed by atoms with Crippen LogP contribution in [0.5, 0.6) is 0 Å². The van der Waals surface area contributed by atoms with Gasteiger partial charge in [0.15, 0.2) is 0 Å². The molecule has 3 aromatic rings. The van der Waals surface area contributed by atoms with E-state index in [2.05, 4.69) is 25.9 Å². The second-order valence-corrected chi connectivity index (χ2v) is 6.37. The number of hydrogen-bond acceptors (Lipinski definition) is 6. The number of amides is 1. The number of aromatic amines is 1. The summed E-state index contributed by atoms with van der Waals surface area (Å²) >= 11 is 0. The Hall–Kier alpha value is -3.07. The number of aliphatic hydroxyl groups is 1. The maximum atomic E-state index is 11.0. The van der Waals surface area contributed by atoms with Gasteiger partial charge in [0.1, 0.15) is 5.65 Å². The van der Waals surface area contributed by atoms with Crippen LogP contribution in [-0.4, -0.2) is 55.8 Å². The fourth-order valence-corrected chi connectivity index (χ4v) is 2.88. The van der Waals surface area contributed by atoms with Crippen molar-refractivity contribution in [2.75, 3.05) is 19.7 Å². The van der Waals surface area contributed by atoms with Crippen LogP contribution in [0.3, 0.4) is 0 Å². The van der Waals surface area contributed by atoms with Gasteiger partial charge in [-0.2, -0.15) is 0 Å². The number of pyridine rings is 2. The van der Waals surface area contributed by atoms with Crippen LogP contribution < -0.4 is 5.48 Å². The van der Waals surface area contributed by atoms with Crippen molar-refractivity contribution in [1.29, 1.82) is 0 Å². The van der Waals surface area contributed by atoms with E-state index in [1.165, 1.54) is 17.6 Å². The number of rotatable bonds is 9. The van der Waals surface area contributed by atoms with Crippen LogP contribution in [0, 0.1) is 0 Å². The van der Waals surface area contributed by atoms with Crippen molar-refractivity contribution in [3.63, 3.8) is 0 Å². The minimum atomic E-state index is -0.605. The fourth-order valence-electron chi connectivity index (χ4n) is 2.88. The van der Waals surface area contributed by atoms with Crippen molar-refractivity contribution in [3.05, 3.63) is 65.8 Å². The summed E-state index contributed by atoms with van der Waals surface area (Å²) in [6.07, 6.45) is 7.11. The lowest BCUT2D eigenvalue weighted by Crippen LogP contribution is -2.29. The molecule has 0 aromatic carbocycles. The van der Waals surface area contributed by atoms with E-state index in [1.807, 2.05) is 24.4 Å². The highest BCUT2D eigenvalue weighted by Crippen LogP contribution is 2.12. The number of hydroxylamine groups is 1. The first-order valence-electron chi connectivity index (χ1n) is 9.01. The highest BCUT2D eigenvalue weighted by molar-refractivity contribution is 5.90. The lowest BCUT2D eigenvalue weighted by molar-refractivity contribution is -0.124. The zero-order valence-electron chi connectivity index (χ0n) is 15.4. The second-order valence-electron chi connectivity index (χ2n) is 6.37. The molecule has 0 fully saturated rings. The van der Waals surface area contributed by atoms with Crippen LogP contribution in [0.4, 0.5) is 0 Å². The average molecular weight is 381 g/mol. The Morgan fingerprint density at radius 3 is 2.86 bits per heavy atom. The summed E-state index contributed by atoms with van der Waals surface area (Å²) in [7, 11) is 0. The molecule has 0 unspecified atom stereocenters. The minimum Gasteiger partial charge on any atom is -0.395 e. The van der Waals surface area contributed by atoms with Gasteiger partial charge < -0.3 is 10.1 Å². The summed E-state index contributed by atoms with van der Waals surface area (Å²) in [4.78, 5) is 25.2. The predicted molar refractivity (Wildman–Crippen MR) is 105 cm³/mol. The third-order valence-corrected chi connectivity index (χ3v) is 4.34. The summed E-state index contributed by atoms with van der Waals surface area (Å²) in [6.45, 7) is 2.05. The number of carbonyl (C=O) groups excluding carboxylic acids is 1. The standard InChI is InChI=1S/C20H23N5O3/c26-12-11-25(10-8-18-4-2-16-7-9-21-20(16)23-18)14-15-1-3-17(22-13-15)5-6-19(27)24-28/h1-7,9,13,26,28H,8,10-12,14H2,(H,21,23)(H,24,27)/b6-5+. The molecule has 0 radical (unpaired) electrons. The van der Waals surface area contributed by atoms with Crippen LogP contribution in [0.25, 0.3) is 17.1 Å². The molecule has 0 saturated carbocycles. The average Bonchev–Trinajstić information content (AvgIpc) is 3.19. The third-order valence-electron chi connectivity index (χ3n) is 4.34. The molecule has 4 N–H and O–H groups in total. The smallest absolute Gasteiger partial charge is 0.267 e. The van der Waals surface area contributed by atoms with Crippen LogP contribution in [-0.2, 0) is 17.8 Å². The van der Waals surface area contributed by atoms with Gasteiger partial charge in [0, 0.05) is 55.6 Å². The highest BCUT2D eigenvalue weighted by atomic mass is 16.5. The van der Waals surface area contributed by atoms with Gasteiger partial charge in [0.05, 0.1) is 12.3 Å². The topological polar surface area (TPSA) is 114 Å². The molecule has 3 rings (SSSR count). The summed E-state index contributed by atoms with van der Waals surface area (Å²) in [5.41, 5.74) is 5.03. The molecule has 0 aliphatic rings. The lowest BCUT2D eigenvalue weighted by atomic mass is 10.2. The summed E-state index contributed by atoms with van der Waals surface area (Å²) < 4.78 is 0. The van der Waals surface area contributed by atoms with Gasteiger partial charge in [0.25, 0.3) is 5.91 Å². The maximum Gasteiger partial charge on any atom is 0.267 e. The van der Waals surface area contributed by atoms with E-state index in [1.54, 1.807) is 12.3 Å². The first-order valence-corrected chi connectivity index (χ1v) is 9.01. The zero-order chi connectivity index (χ0) is 19.8. The number of nitrogens with zero attached hydrogens (tertiary/aromatic N) is 3. The Morgan fingerprint density at radius 2 is 2.11 bits per heavy atom. The molecule has 0 bridgehead atoms. The van der Waals surface area contributed by atoms with Crippen LogP contribution in [0.1, 0.15) is 17.0 Å². The van der Waals surface area contributed by atoms with Gasteiger partial charge in [-0.05, 0) is 35.9 Å². The number of nitrogens with one attached hydrogen (secondary N) is 2. The first kappa shape index (κ1) is 19.7. The van der Waals surface area contributed by atoms with Gasteiger partial charge in [-0.3, -0.25) is 19.9 Å². The molecule has 0 aliphatic carbocycles. The molecule has 3 heterocycles. The monoisotopic (exact) mass is 381 g/mol. The van der Waals surface area contributed by atoms with E-state index in [-0.39, 0.29) is 6.61 Å². The Labute approximate surface area is 162 Å². The predicted octanol–water partition coefficient (Wildman–Crippen LogP) is 1.51. The quantitative estimate of drug-likeness (QED) is 0.254. The number of carbonyl (C=O) groups is 1. The molecule has 28 heavy (non-hydrogen) atoms. The van der Waals surface area contributed by atoms with E-state index >= 15 is 0 Å². The van der Waals surface area contributed by atoms with Crippen LogP contribution in [0.2, 0.25) is 0 Å². The number of fused-ring (bicyclic) bond motifs is 1. The van der Waals surface area contributed by atoms with Gasteiger partial charge >= 0.3 is 0 Å². The van der Waals surface area contributed by atoms with E-state index < -0.39 is 5.91 Å². The van der Waals surface area contributed by atoms with Crippen molar-refractivity contribution in [1.82, 2.24) is 25.3 Å². The number of H-pyrrole nitrogens is 1. The number of hydrogen-bond donors (Lipinski definition) is 4. The zero-order valence-corrected chi connectivity index (χ0v) is 15.4. The lowest BCUT2D eigenvalue weighted by Gasteiger charge is -2.21. The molecule has 0 atom stereocenters. The van der Waals surface area contributed by atoms with Gasteiger partial charge in [-0.1, -0.05) is 6.07 Å². The van der Waals surface area contributed by atoms with E-state index in [4.69, 9.17) is 5.21 Å². The first-order chi connectivity index (χ1) is 13.7. The van der Waals surface area contributed by atoms with Crippen LogP contribution >= 0.6 is 0 Å². The van der Waals surface area contributed by atoms with Crippen LogP contribution in [0.15, 0.2) is 48.8 Å². The Kier molecular flexibility index (Phi) is 6.85. The Bertz CT molecular complexity index is 936. The van der Waals surface area contributed by atoms with Crippen molar-refractivity contribution in [3.8, 4) is 0 Å².